The van der Waals surface area contributed by atoms with Crippen molar-refractivity contribution in [2.75, 3.05) is 33.3 Å². The maximum absolute atomic E-state index is 12.5. The van der Waals surface area contributed by atoms with Crippen LogP contribution in [0.4, 0.5) is 0 Å². The molecule has 5 nitrogen and oxygen atoms in total. The van der Waals surface area contributed by atoms with E-state index in [2.05, 4.69) is 6.92 Å². The van der Waals surface area contributed by atoms with Gasteiger partial charge in [-0.2, -0.15) is 0 Å². The molecular formula is C20H28N2O3. The van der Waals surface area contributed by atoms with E-state index in [9.17, 15) is 9.59 Å². The molecule has 0 bridgehead atoms. The van der Waals surface area contributed by atoms with Crippen LogP contribution < -0.4 is 4.74 Å². The van der Waals surface area contributed by atoms with Crippen LogP contribution in [0.2, 0.25) is 0 Å². The minimum Gasteiger partial charge on any atom is -0.497 e. The zero-order valence-electron chi connectivity index (χ0n) is 15.2. The highest BCUT2D eigenvalue weighted by Crippen LogP contribution is 2.39. The van der Waals surface area contributed by atoms with Gasteiger partial charge in [0.25, 0.3) is 0 Å². The maximum Gasteiger partial charge on any atom is 0.226 e. The van der Waals surface area contributed by atoms with Crippen LogP contribution in [0.3, 0.4) is 0 Å². The average molecular weight is 344 g/mol. The number of methoxy groups -OCH3 is 1. The summed E-state index contributed by atoms with van der Waals surface area (Å²) in [6, 6.07) is 7.86. The van der Waals surface area contributed by atoms with Gasteiger partial charge in [-0.25, -0.2) is 0 Å². The van der Waals surface area contributed by atoms with Crippen LogP contribution >= 0.6 is 0 Å². The summed E-state index contributed by atoms with van der Waals surface area (Å²) in [5.41, 5.74) is 1.14. The minimum atomic E-state index is 0.185. The minimum absolute atomic E-state index is 0.185. The molecule has 0 spiro atoms. The van der Waals surface area contributed by atoms with Crippen LogP contribution in [0, 0.1) is 11.8 Å². The number of ether oxygens (including phenoxy) is 1. The molecule has 136 valence electrons. The normalized spacial score (nSPS) is 23.1. The number of rotatable bonds is 5. The van der Waals surface area contributed by atoms with E-state index in [0.29, 0.717) is 31.3 Å². The van der Waals surface area contributed by atoms with Crippen molar-refractivity contribution in [2.45, 2.75) is 32.6 Å². The molecule has 1 heterocycles. The number of carbonyl (C=O) groups excluding carboxylic acids is 2. The molecule has 0 unspecified atom stereocenters. The summed E-state index contributed by atoms with van der Waals surface area (Å²) in [5.74, 6) is 2.08. The van der Waals surface area contributed by atoms with Crippen molar-refractivity contribution in [2.24, 2.45) is 11.8 Å². The molecule has 1 saturated carbocycles. The first-order valence-electron chi connectivity index (χ1n) is 9.28. The van der Waals surface area contributed by atoms with Gasteiger partial charge in [-0.05, 0) is 42.9 Å². The Labute approximate surface area is 149 Å². The third-order valence-electron chi connectivity index (χ3n) is 5.37. The van der Waals surface area contributed by atoms with Crippen molar-refractivity contribution in [1.82, 2.24) is 9.80 Å². The molecule has 1 aliphatic carbocycles. The first-order valence-corrected chi connectivity index (χ1v) is 9.28. The molecule has 3 rings (SSSR count). The number of amides is 2. The largest absolute Gasteiger partial charge is 0.497 e. The molecule has 25 heavy (non-hydrogen) atoms. The fourth-order valence-electron chi connectivity index (χ4n) is 3.49. The molecule has 0 radical (unpaired) electrons. The highest BCUT2D eigenvalue weighted by molar-refractivity contribution is 5.82. The smallest absolute Gasteiger partial charge is 0.226 e. The molecule has 1 aromatic carbocycles. The number of nitrogens with zero attached hydrogens (tertiary/aromatic N) is 2. The second-order valence-corrected chi connectivity index (χ2v) is 7.23. The van der Waals surface area contributed by atoms with E-state index in [1.807, 2.05) is 34.1 Å². The van der Waals surface area contributed by atoms with Crippen molar-refractivity contribution in [3.63, 3.8) is 0 Å². The number of benzene rings is 1. The van der Waals surface area contributed by atoms with Gasteiger partial charge < -0.3 is 14.5 Å². The fourth-order valence-corrected chi connectivity index (χ4v) is 3.49. The van der Waals surface area contributed by atoms with Crippen LogP contribution in [-0.4, -0.2) is 54.9 Å². The van der Waals surface area contributed by atoms with E-state index >= 15 is 0 Å². The van der Waals surface area contributed by atoms with Crippen LogP contribution in [-0.2, 0) is 16.0 Å². The van der Waals surface area contributed by atoms with Gasteiger partial charge in [0.05, 0.1) is 7.11 Å². The standard InChI is InChI=1S/C20H28N2O3/c1-15-14-18(15)20(24)22-11-3-10-21(12-13-22)19(23)9-6-16-4-7-17(25-2)8-5-16/h4-5,7-8,15,18H,3,6,9-14H2,1-2H3/t15-,18+/m0/s1. The molecule has 0 aromatic heterocycles. The van der Waals surface area contributed by atoms with Crippen LogP contribution in [0.15, 0.2) is 24.3 Å². The van der Waals surface area contributed by atoms with Crippen molar-refractivity contribution in [3.05, 3.63) is 29.8 Å². The van der Waals surface area contributed by atoms with Crippen LogP contribution in [0.1, 0.15) is 31.7 Å². The lowest BCUT2D eigenvalue weighted by Crippen LogP contribution is -2.38. The Morgan fingerprint density at radius 1 is 1.08 bits per heavy atom. The van der Waals surface area contributed by atoms with Crippen molar-refractivity contribution in [1.29, 1.82) is 0 Å². The van der Waals surface area contributed by atoms with Crippen molar-refractivity contribution < 1.29 is 14.3 Å². The van der Waals surface area contributed by atoms with Gasteiger partial charge in [0.15, 0.2) is 0 Å². The predicted octanol–water partition coefficient (Wildman–Crippen LogP) is 2.34. The third kappa shape index (κ3) is 4.53. The summed E-state index contributed by atoms with van der Waals surface area (Å²) in [5, 5.41) is 0. The summed E-state index contributed by atoms with van der Waals surface area (Å²) in [7, 11) is 1.65. The molecule has 2 atom stereocenters. The monoisotopic (exact) mass is 344 g/mol. The second-order valence-electron chi connectivity index (χ2n) is 7.23. The first-order chi connectivity index (χ1) is 12.1. The highest BCUT2D eigenvalue weighted by atomic mass is 16.5. The Morgan fingerprint density at radius 2 is 1.72 bits per heavy atom. The molecule has 1 aromatic rings. The van der Waals surface area contributed by atoms with Gasteiger partial charge in [0.2, 0.25) is 11.8 Å². The average Bonchev–Trinajstić information content (AvgIpc) is 3.41. The van der Waals surface area contributed by atoms with E-state index in [4.69, 9.17) is 4.74 Å². The van der Waals surface area contributed by atoms with Gasteiger partial charge in [0, 0.05) is 38.5 Å². The summed E-state index contributed by atoms with van der Waals surface area (Å²) < 4.78 is 5.15. The number of hydrogen-bond acceptors (Lipinski definition) is 3. The summed E-state index contributed by atoms with van der Waals surface area (Å²) in [6.45, 7) is 5.01. The molecule has 0 N–H and O–H groups in total. The Bertz CT molecular complexity index is 614. The molecule has 5 heteroatoms. The summed E-state index contributed by atoms with van der Waals surface area (Å²) in [4.78, 5) is 28.8. The SMILES string of the molecule is COc1ccc(CCC(=O)N2CCCN(C(=O)[C@@H]3C[C@@H]3C)CC2)cc1. The van der Waals surface area contributed by atoms with Gasteiger partial charge >= 0.3 is 0 Å². The van der Waals surface area contributed by atoms with Gasteiger partial charge in [-0.1, -0.05) is 19.1 Å². The Morgan fingerprint density at radius 3 is 2.36 bits per heavy atom. The van der Waals surface area contributed by atoms with Crippen LogP contribution in [0.25, 0.3) is 0 Å². The van der Waals surface area contributed by atoms with E-state index in [-0.39, 0.29) is 11.8 Å². The number of hydrogen-bond donors (Lipinski definition) is 0. The predicted molar refractivity (Wildman–Crippen MR) is 96.4 cm³/mol. The first kappa shape index (κ1) is 17.8. The van der Waals surface area contributed by atoms with Crippen molar-refractivity contribution >= 4 is 11.8 Å². The topological polar surface area (TPSA) is 49.9 Å². The molecule has 1 saturated heterocycles. The Balaban J connectivity index is 1.46. The number of carbonyl (C=O) groups is 2. The van der Waals surface area contributed by atoms with E-state index in [1.54, 1.807) is 7.11 Å². The quantitative estimate of drug-likeness (QED) is 0.824. The van der Waals surface area contributed by atoms with Crippen molar-refractivity contribution in [3.8, 4) is 5.75 Å². The lowest BCUT2D eigenvalue weighted by atomic mass is 10.1. The molecule has 2 aliphatic rings. The second kappa shape index (κ2) is 7.89. The molecule has 2 amide bonds. The Kier molecular flexibility index (Phi) is 5.61. The van der Waals surface area contributed by atoms with Gasteiger partial charge in [-0.15, -0.1) is 0 Å². The maximum atomic E-state index is 12.5. The third-order valence-corrected chi connectivity index (χ3v) is 5.37. The molecule has 1 aliphatic heterocycles. The summed E-state index contributed by atoms with van der Waals surface area (Å²) in [6.07, 6.45) is 3.16. The summed E-state index contributed by atoms with van der Waals surface area (Å²) >= 11 is 0. The van der Waals surface area contributed by atoms with E-state index in [1.165, 1.54) is 0 Å². The van der Waals surface area contributed by atoms with Gasteiger partial charge in [-0.3, -0.25) is 9.59 Å². The molecular weight excluding hydrogens is 316 g/mol. The zero-order valence-corrected chi connectivity index (χ0v) is 15.2. The number of aryl methyl sites for hydroxylation is 1. The van der Waals surface area contributed by atoms with E-state index < -0.39 is 0 Å². The van der Waals surface area contributed by atoms with E-state index in [0.717, 1.165) is 43.7 Å². The Hall–Kier alpha value is -2.04. The lowest BCUT2D eigenvalue weighted by molar-refractivity contribution is -0.134. The fraction of sp³-hybridized carbons (Fsp3) is 0.600. The van der Waals surface area contributed by atoms with Gasteiger partial charge in [0.1, 0.15) is 5.75 Å². The van der Waals surface area contributed by atoms with Crippen LogP contribution in [0.5, 0.6) is 5.75 Å². The lowest BCUT2D eigenvalue weighted by Gasteiger charge is -2.22. The molecule has 2 fully saturated rings. The zero-order chi connectivity index (χ0) is 17.8. The highest BCUT2D eigenvalue weighted by Gasteiger charge is 2.41.